The summed E-state index contributed by atoms with van der Waals surface area (Å²) in [7, 11) is 1.86. The smallest absolute Gasteiger partial charge is 0.139 e. The third-order valence-corrected chi connectivity index (χ3v) is 2.97. The molecular formula is C13H16ClN3O. The van der Waals surface area contributed by atoms with Gasteiger partial charge in [0.25, 0.3) is 0 Å². The van der Waals surface area contributed by atoms with Crippen LogP contribution in [0.4, 0.5) is 0 Å². The Bertz CT molecular complexity index is 539. The summed E-state index contributed by atoms with van der Waals surface area (Å²) in [5.41, 5.74) is 7.74. The molecule has 2 aromatic rings. The Balaban J connectivity index is 2.22. The van der Waals surface area contributed by atoms with E-state index in [0.717, 1.165) is 16.9 Å². The summed E-state index contributed by atoms with van der Waals surface area (Å²) in [5.74, 6) is 0.752. The van der Waals surface area contributed by atoms with Crippen molar-refractivity contribution in [2.45, 2.75) is 13.0 Å². The van der Waals surface area contributed by atoms with Crippen LogP contribution in [-0.2, 0) is 7.05 Å². The highest BCUT2D eigenvalue weighted by Gasteiger charge is 2.14. The highest BCUT2D eigenvalue weighted by molar-refractivity contribution is 6.30. The molecule has 0 aliphatic heterocycles. The first-order chi connectivity index (χ1) is 8.60. The van der Waals surface area contributed by atoms with Gasteiger partial charge in [-0.25, -0.2) is 0 Å². The molecule has 5 heteroatoms. The molecule has 0 radical (unpaired) electrons. The quantitative estimate of drug-likeness (QED) is 0.924. The van der Waals surface area contributed by atoms with Crippen LogP contribution >= 0.6 is 11.6 Å². The van der Waals surface area contributed by atoms with E-state index in [-0.39, 0.29) is 6.10 Å². The van der Waals surface area contributed by atoms with Crippen molar-refractivity contribution in [1.29, 1.82) is 0 Å². The number of aryl methyl sites for hydroxylation is 2. The molecule has 4 nitrogen and oxygen atoms in total. The fraction of sp³-hybridized carbons (Fsp3) is 0.308. The molecule has 0 fully saturated rings. The first kappa shape index (κ1) is 12.9. The number of hydrogen-bond acceptors (Lipinski definition) is 3. The number of benzene rings is 1. The van der Waals surface area contributed by atoms with E-state index < -0.39 is 0 Å². The normalized spacial score (nSPS) is 12.4. The summed E-state index contributed by atoms with van der Waals surface area (Å²) >= 11 is 5.97. The molecule has 1 aromatic carbocycles. The van der Waals surface area contributed by atoms with Crippen molar-refractivity contribution in [2.24, 2.45) is 12.8 Å². The standard InChI is InChI=1S/C13H16ClN3O/c1-9-3-4-11(14)5-12(9)18-13(6-15)10-7-16-17(2)8-10/h3-5,7-8,13H,6,15H2,1-2H3. The summed E-state index contributed by atoms with van der Waals surface area (Å²) in [6.07, 6.45) is 3.45. The van der Waals surface area contributed by atoms with Gasteiger partial charge in [-0.1, -0.05) is 17.7 Å². The minimum atomic E-state index is -0.212. The summed E-state index contributed by atoms with van der Waals surface area (Å²) in [4.78, 5) is 0. The van der Waals surface area contributed by atoms with Crippen LogP contribution in [0.15, 0.2) is 30.6 Å². The maximum Gasteiger partial charge on any atom is 0.139 e. The molecule has 2 rings (SSSR count). The van der Waals surface area contributed by atoms with Crippen molar-refractivity contribution in [1.82, 2.24) is 9.78 Å². The fourth-order valence-corrected chi connectivity index (χ4v) is 1.87. The summed E-state index contributed by atoms with van der Waals surface area (Å²) in [5, 5.41) is 4.77. The SMILES string of the molecule is Cc1ccc(Cl)cc1OC(CN)c1cnn(C)c1. The maximum atomic E-state index is 5.97. The third kappa shape index (κ3) is 2.83. The molecule has 96 valence electrons. The Morgan fingerprint density at radius 1 is 1.50 bits per heavy atom. The second kappa shape index (κ2) is 5.42. The van der Waals surface area contributed by atoms with E-state index in [1.165, 1.54) is 0 Å². The minimum absolute atomic E-state index is 0.212. The molecule has 0 bridgehead atoms. The average Bonchev–Trinajstić information content (AvgIpc) is 2.77. The predicted molar refractivity (Wildman–Crippen MR) is 71.8 cm³/mol. The molecule has 2 N–H and O–H groups in total. The largest absolute Gasteiger partial charge is 0.484 e. The first-order valence-electron chi connectivity index (χ1n) is 5.71. The van der Waals surface area contributed by atoms with E-state index in [2.05, 4.69) is 5.10 Å². The highest BCUT2D eigenvalue weighted by atomic mass is 35.5. The van der Waals surface area contributed by atoms with E-state index in [0.29, 0.717) is 11.6 Å². The molecule has 0 spiro atoms. The van der Waals surface area contributed by atoms with Crippen molar-refractivity contribution >= 4 is 11.6 Å². The zero-order valence-corrected chi connectivity index (χ0v) is 11.2. The van der Waals surface area contributed by atoms with Crippen molar-refractivity contribution in [3.63, 3.8) is 0 Å². The van der Waals surface area contributed by atoms with Crippen molar-refractivity contribution in [3.8, 4) is 5.75 Å². The topological polar surface area (TPSA) is 53.1 Å². The number of rotatable bonds is 4. The monoisotopic (exact) mass is 265 g/mol. The van der Waals surface area contributed by atoms with Crippen molar-refractivity contribution in [3.05, 3.63) is 46.7 Å². The summed E-state index contributed by atoms with van der Waals surface area (Å²) in [6.45, 7) is 2.36. The van der Waals surface area contributed by atoms with Crippen LogP contribution in [0, 0.1) is 6.92 Å². The number of halogens is 1. The van der Waals surface area contributed by atoms with Crippen LogP contribution in [0.2, 0.25) is 5.02 Å². The van der Waals surface area contributed by atoms with Crippen LogP contribution in [0.3, 0.4) is 0 Å². The number of aromatic nitrogens is 2. The van der Waals surface area contributed by atoms with Gasteiger partial charge in [-0.15, -0.1) is 0 Å². The van der Waals surface area contributed by atoms with Crippen molar-refractivity contribution in [2.75, 3.05) is 6.54 Å². The van der Waals surface area contributed by atoms with Gasteiger partial charge in [-0.2, -0.15) is 5.10 Å². The summed E-state index contributed by atoms with van der Waals surface area (Å²) in [6, 6.07) is 5.57. The van der Waals surface area contributed by atoms with Gasteiger partial charge >= 0.3 is 0 Å². The maximum absolute atomic E-state index is 5.97. The fourth-order valence-electron chi connectivity index (χ4n) is 1.71. The van der Waals surface area contributed by atoms with Crippen LogP contribution in [-0.4, -0.2) is 16.3 Å². The Labute approximate surface area is 111 Å². The van der Waals surface area contributed by atoms with Gasteiger partial charge in [0.05, 0.1) is 6.20 Å². The van der Waals surface area contributed by atoms with Gasteiger partial charge in [0, 0.05) is 30.4 Å². The molecule has 0 saturated carbocycles. The average molecular weight is 266 g/mol. The van der Waals surface area contributed by atoms with Gasteiger partial charge in [-0.3, -0.25) is 4.68 Å². The van der Waals surface area contributed by atoms with E-state index in [1.54, 1.807) is 16.9 Å². The molecule has 1 heterocycles. The minimum Gasteiger partial charge on any atom is -0.484 e. The molecule has 0 amide bonds. The van der Waals surface area contributed by atoms with Gasteiger partial charge in [0.1, 0.15) is 11.9 Å². The lowest BCUT2D eigenvalue weighted by molar-refractivity contribution is 0.212. The Morgan fingerprint density at radius 3 is 2.89 bits per heavy atom. The van der Waals surface area contributed by atoms with Gasteiger partial charge in [-0.05, 0) is 24.6 Å². The van der Waals surface area contributed by atoms with Crippen LogP contribution in [0.5, 0.6) is 5.75 Å². The lowest BCUT2D eigenvalue weighted by Crippen LogP contribution is -2.18. The highest BCUT2D eigenvalue weighted by Crippen LogP contribution is 2.27. The lowest BCUT2D eigenvalue weighted by Gasteiger charge is -2.17. The molecule has 1 atom stereocenters. The number of ether oxygens (including phenoxy) is 1. The molecule has 1 aromatic heterocycles. The molecular weight excluding hydrogens is 250 g/mol. The lowest BCUT2D eigenvalue weighted by atomic mass is 10.2. The van der Waals surface area contributed by atoms with Crippen LogP contribution in [0.25, 0.3) is 0 Å². The molecule has 1 unspecified atom stereocenters. The predicted octanol–water partition coefficient (Wildman–Crippen LogP) is 2.46. The molecule has 0 aliphatic carbocycles. The molecule has 18 heavy (non-hydrogen) atoms. The second-order valence-corrected chi connectivity index (χ2v) is 4.64. The number of nitrogens with zero attached hydrogens (tertiary/aromatic N) is 2. The number of hydrogen-bond donors (Lipinski definition) is 1. The summed E-state index contributed by atoms with van der Waals surface area (Å²) < 4.78 is 7.64. The van der Waals surface area contributed by atoms with E-state index in [4.69, 9.17) is 22.1 Å². The Hall–Kier alpha value is -1.52. The van der Waals surface area contributed by atoms with E-state index in [9.17, 15) is 0 Å². The molecule has 0 saturated heterocycles. The van der Waals surface area contributed by atoms with Gasteiger partial charge < -0.3 is 10.5 Å². The van der Waals surface area contributed by atoms with E-state index in [1.807, 2.05) is 32.3 Å². The Kier molecular flexibility index (Phi) is 3.89. The van der Waals surface area contributed by atoms with Crippen molar-refractivity contribution < 1.29 is 4.74 Å². The zero-order chi connectivity index (χ0) is 13.1. The number of nitrogens with two attached hydrogens (primary N) is 1. The first-order valence-corrected chi connectivity index (χ1v) is 6.09. The molecule has 0 aliphatic rings. The van der Waals surface area contributed by atoms with E-state index >= 15 is 0 Å². The Morgan fingerprint density at radius 2 is 2.28 bits per heavy atom. The van der Waals surface area contributed by atoms with Gasteiger partial charge in [0.15, 0.2) is 0 Å². The van der Waals surface area contributed by atoms with Crippen LogP contribution < -0.4 is 10.5 Å². The zero-order valence-electron chi connectivity index (χ0n) is 10.4. The van der Waals surface area contributed by atoms with Crippen LogP contribution in [0.1, 0.15) is 17.2 Å². The van der Waals surface area contributed by atoms with Gasteiger partial charge in [0.2, 0.25) is 0 Å². The third-order valence-electron chi connectivity index (χ3n) is 2.73. The second-order valence-electron chi connectivity index (χ2n) is 4.20.